The standard InChI is InChI=1S/C21H17BrO4/c22-19-17(21(23)24)11-12-18(25-13-15-7-3-1-4-8-15)20(19)26-14-16-9-5-2-6-10-16/h1-12H,13-14H2,(H,23,24). The van der Waals surface area contributed by atoms with Crippen LogP contribution in [0.1, 0.15) is 21.5 Å². The fourth-order valence-electron chi connectivity index (χ4n) is 2.42. The van der Waals surface area contributed by atoms with E-state index in [-0.39, 0.29) is 5.56 Å². The third-order valence-electron chi connectivity index (χ3n) is 3.75. The van der Waals surface area contributed by atoms with Gasteiger partial charge in [0.05, 0.1) is 10.0 Å². The van der Waals surface area contributed by atoms with Gasteiger partial charge in [0.1, 0.15) is 13.2 Å². The predicted molar refractivity (Wildman–Crippen MR) is 103 cm³/mol. The molecule has 0 amide bonds. The van der Waals surface area contributed by atoms with Crippen LogP contribution in [0, 0.1) is 0 Å². The average Bonchev–Trinajstić information content (AvgIpc) is 2.67. The minimum Gasteiger partial charge on any atom is -0.485 e. The molecular formula is C21H17BrO4. The van der Waals surface area contributed by atoms with Crippen molar-refractivity contribution in [1.82, 2.24) is 0 Å². The summed E-state index contributed by atoms with van der Waals surface area (Å²) in [5.41, 5.74) is 2.12. The molecule has 0 radical (unpaired) electrons. The number of carboxylic acids is 1. The van der Waals surface area contributed by atoms with Crippen molar-refractivity contribution in [3.8, 4) is 11.5 Å². The summed E-state index contributed by atoms with van der Waals surface area (Å²) < 4.78 is 12.1. The first-order valence-electron chi connectivity index (χ1n) is 8.04. The molecule has 1 N–H and O–H groups in total. The normalized spacial score (nSPS) is 10.3. The lowest BCUT2D eigenvalue weighted by Crippen LogP contribution is -2.05. The topological polar surface area (TPSA) is 55.8 Å². The minimum atomic E-state index is -1.03. The van der Waals surface area contributed by atoms with Crippen LogP contribution in [0.4, 0.5) is 0 Å². The molecule has 5 heteroatoms. The Hall–Kier alpha value is -2.79. The molecule has 3 aromatic rings. The van der Waals surface area contributed by atoms with Crippen LogP contribution in [0.5, 0.6) is 11.5 Å². The van der Waals surface area contributed by atoms with Crippen LogP contribution in [-0.4, -0.2) is 11.1 Å². The highest BCUT2D eigenvalue weighted by atomic mass is 79.9. The number of carboxylic acid groups (broad SMARTS) is 1. The second-order valence-corrected chi connectivity index (χ2v) is 6.40. The Bertz CT molecular complexity index is 879. The number of benzene rings is 3. The van der Waals surface area contributed by atoms with E-state index in [1.54, 1.807) is 6.07 Å². The van der Waals surface area contributed by atoms with Crippen LogP contribution in [0.2, 0.25) is 0 Å². The van der Waals surface area contributed by atoms with E-state index in [1.165, 1.54) is 6.07 Å². The number of halogens is 1. The van der Waals surface area contributed by atoms with Crippen LogP contribution < -0.4 is 9.47 Å². The summed E-state index contributed by atoms with van der Waals surface area (Å²) in [5.74, 6) is -0.164. The van der Waals surface area contributed by atoms with Gasteiger partial charge in [-0.3, -0.25) is 0 Å². The maximum Gasteiger partial charge on any atom is 0.336 e. The summed E-state index contributed by atoms with van der Waals surface area (Å²) in [6, 6.07) is 22.5. The Labute approximate surface area is 160 Å². The zero-order chi connectivity index (χ0) is 18.4. The second kappa shape index (κ2) is 8.54. The van der Waals surface area contributed by atoms with E-state index in [0.29, 0.717) is 29.2 Å². The Morgan fingerprint density at radius 3 is 1.88 bits per heavy atom. The molecular weight excluding hydrogens is 396 g/mol. The van der Waals surface area contributed by atoms with Crippen LogP contribution in [-0.2, 0) is 13.2 Å². The molecule has 0 aromatic heterocycles. The molecule has 0 unspecified atom stereocenters. The first kappa shape index (κ1) is 18.0. The Balaban J connectivity index is 1.84. The molecule has 3 rings (SSSR count). The summed E-state index contributed by atoms with van der Waals surface area (Å²) in [5, 5.41) is 9.35. The quantitative estimate of drug-likeness (QED) is 0.571. The highest BCUT2D eigenvalue weighted by Gasteiger charge is 2.18. The SMILES string of the molecule is O=C(O)c1ccc(OCc2ccccc2)c(OCc2ccccc2)c1Br. The lowest BCUT2D eigenvalue weighted by molar-refractivity contribution is 0.0695. The number of hydrogen-bond acceptors (Lipinski definition) is 3. The summed E-state index contributed by atoms with van der Waals surface area (Å²) in [6.45, 7) is 0.672. The van der Waals surface area contributed by atoms with Crippen molar-refractivity contribution in [3.63, 3.8) is 0 Å². The molecule has 26 heavy (non-hydrogen) atoms. The van der Waals surface area contributed by atoms with Crippen molar-refractivity contribution in [2.45, 2.75) is 13.2 Å². The second-order valence-electron chi connectivity index (χ2n) is 5.61. The van der Waals surface area contributed by atoms with Gasteiger partial charge < -0.3 is 14.6 Å². The molecule has 0 aliphatic heterocycles. The zero-order valence-electron chi connectivity index (χ0n) is 13.9. The van der Waals surface area contributed by atoms with Gasteiger partial charge in [-0.15, -0.1) is 0 Å². The van der Waals surface area contributed by atoms with Gasteiger partial charge in [-0.2, -0.15) is 0 Å². The van der Waals surface area contributed by atoms with Gasteiger partial charge in [-0.1, -0.05) is 60.7 Å². The van der Waals surface area contributed by atoms with Crippen molar-refractivity contribution in [2.24, 2.45) is 0 Å². The van der Waals surface area contributed by atoms with Crippen molar-refractivity contribution in [1.29, 1.82) is 0 Å². The molecule has 0 heterocycles. The fourth-order valence-corrected chi connectivity index (χ4v) is 3.03. The Morgan fingerprint density at radius 2 is 1.35 bits per heavy atom. The van der Waals surface area contributed by atoms with Gasteiger partial charge in [0, 0.05) is 0 Å². The first-order valence-corrected chi connectivity index (χ1v) is 8.83. The van der Waals surface area contributed by atoms with Gasteiger partial charge in [-0.25, -0.2) is 4.79 Å². The van der Waals surface area contributed by atoms with Gasteiger partial charge in [-0.05, 0) is 39.2 Å². The third-order valence-corrected chi connectivity index (χ3v) is 4.54. The summed E-state index contributed by atoms with van der Waals surface area (Å²) in [7, 11) is 0. The van der Waals surface area contributed by atoms with E-state index in [0.717, 1.165) is 11.1 Å². The van der Waals surface area contributed by atoms with Gasteiger partial charge in [0.15, 0.2) is 11.5 Å². The van der Waals surface area contributed by atoms with Crippen molar-refractivity contribution < 1.29 is 19.4 Å². The number of aromatic carboxylic acids is 1. The maximum absolute atomic E-state index is 11.4. The molecule has 0 fully saturated rings. The molecule has 0 spiro atoms. The van der Waals surface area contributed by atoms with Crippen LogP contribution in [0.25, 0.3) is 0 Å². The van der Waals surface area contributed by atoms with Crippen LogP contribution in [0.3, 0.4) is 0 Å². The monoisotopic (exact) mass is 412 g/mol. The van der Waals surface area contributed by atoms with E-state index < -0.39 is 5.97 Å². The van der Waals surface area contributed by atoms with Crippen molar-refractivity contribution in [2.75, 3.05) is 0 Å². The van der Waals surface area contributed by atoms with Gasteiger partial charge in [0.2, 0.25) is 0 Å². The average molecular weight is 413 g/mol. The molecule has 132 valence electrons. The Morgan fingerprint density at radius 1 is 0.808 bits per heavy atom. The molecule has 0 aliphatic carbocycles. The molecule has 0 atom stereocenters. The Kier molecular flexibility index (Phi) is 5.92. The van der Waals surface area contributed by atoms with E-state index in [9.17, 15) is 9.90 Å². The van der Waals surface area contributed by atoms with E-state index in [1.807, 2.05) is 60.7 Å². The zero-order valence-corrected chi connectivity index (χ0v) is 15.5. The number of ether oxygens (including phenoxy) is 2. The molecule has 0 saturated carbocycles. The predicted octanol–water partition coefficient (Wildman–Crippen LogP) is 5.31. The van der Waals surface area contributed by atoms with E-state index in [4.69, 9.17) is 9.47 Å². The molecule has 4 nitrogen and oxygen atoms in total. The smallest absolute Gasteiger partial charge is 0.336 e. The van der Waals surface area contributed by atoms with E-state index >= 15 is 0 Å². The van der Waals surface area contributed by atoms with Crippen molar-refractivity contribution in [3.05, 3.63) is 94.0 Å². The lowest BCUT2D eigenvalue weighted by atomic mass is 10.2. The van der Waals surface area contributed by atoms with Gasteiger partial charge >= 0.3 is 5.97 Å². The summed E-state index contributed by atoms with van der Waals surface area (Å²) in [6.07, 6.45) is 0. The van der Waals surface area contributed by atoms with E-state index in [2.05, 4.69) is 15.9 Å². The highest BCUT2D eigenvalue weighted by molar-refractivity contribution is 9.10. The molecule has 0 saturated heterocycles. The maximum atomic E-state index is 11.4. The first-order chi connectivity index (χ1) is 12.6. The fraction of sp³-hybridized carbons (Fsp3) is 0.0952. The van der Waals surface area contributed by atoms with Crippen LogP contribution >= 0.6 is 15.9 Å². The lowest BCUT2D eigenvalue weighted by Gasteiger charge is -2.16. The van der Waals surface area contributed by atoms with Crippen molar-refractivity contribution >= 4 is 21.9 Å². The molecule has 3 aromatic carbocycles. The summed E-state index contributed by atoms with van der Waals surface area (Å²) >= 11 is 3.35. The third kappa shape index (κ3) is 4.43. The number of hydrogen-bond donors (Lipinski definition) is 1. The number of carbonyl (C=O) groups is 1. The van der Waals surface area contributed by atoms with Gasteiger partial charge in [0.25, 0.3) is 0 Å². The largest absolute Gasteiger partial charge is 0.485 e. The summed E-state index contributed by atoms with van der Waals surface area (Å²) in [4.78, 5) is 11.4. The molecule has 0 bridgehead atoms. The minimum absolute atomic E-state index is 0.125. The highest BCUT2D eigenvalue weighted by Crippen LogP contribution is 2.39. The molecule has 0 aliphatic rings. The van der Waals surface area contributed by atoms with Crippen LogP contribution in [0.15, 0.2) is 77.3 Å². The number of rotatable bonds is 7.